The number of aromatic nitrogens is 1. The minimum absolute atomic E-state index is 0.0543. The molecule has 6 heteroatoms. The van der Waals surface area contributed by atoms with Crippen molar-refractivity contribution >= 4 is 28.2 Å². The average molecular weight is 516 g/mol. The van der Waals surface area contributed by atoms with E-state index in [1.54, 1.807) is 18.2 Å². The van der Waals surface area contributed by atoms with Gasteiger partial charge >= 0.3 is 0 Å². The number of benzene rings is 3. The van der Waals surface area contributed by atoms with Gasteiger partial charge in [-0.25, -0.2) is 4.39 Å². The molecular formula is C31H31ClFN3O. The van der Waals surface area contributed by atoms with Gasteiger partial charge in [-0.3, -0.25) is 9.79 Å². The third kappa shape index (κ3) is 5.05. The van der Waals surface area contributed by atoms with Gasteiger partial charge in [0.05, 0.1) is 18.1 Å². The summed E-state index contributed by atoms with van der Waals surface area (Å²) >= 11 is 6.34. The van der Waals surface area contributed by atoms with Crippen LogP contribution in [-0.2, 0) is 6.54 Å². The molecule has 0 saturated carbocycles. The van der Waals surface area contributed by atoms with E-state index in [0.717, 1.165) is 28.0 Å². The van der Waals surface area contributed by atoms with Gasteiger partial charge < -0.3 is 9.47 Å². The highest BCUT2D eigenvalue weighted by Crippen LogP contribution is 2.37. The Morgan fingerprint density at radius 1 is 1.00 bits per heavy atom. The zero-order valence-corrected chi connectivity index (χ0v) is 22.3. The van der Waals surface area contributed by atoms with Gasteiger partial charge in [0.25, 0.3) is 5.56 Å². The van der Waals surface area contributed by atoms with Crippen molar-refractivity contribution < 1.29 is 4.39 Å². The van der Waals surface area contributed by atoms with E-state index < -0.39 is 0 Å². The standard InChI is InChI=1S/C31H31ClFN3O/c1-20(2)28(36-19-31(3,4)34-29(36)22-11-8-12-25(33)16-22)27-17-23-15-24(32)13-14-26(23)30(37)35(27)18-21-9-6-5-7-10-21/h5-17,20,28H,18-19H2,1-4H3. The predicted octanol–water partition coefficient (Wildman–Crippen LogP) is 7.08. The van der Waals surface area contributed by atoms with Gasteiger partial charge in [-0.1, -0.05) is 67.9 Å². The highest BCUT2D eigenvalue weighted by Gasteiger charge is 2.39. The van der Waals surface area contributed by atoms with Crippen LogP contribution in [0.1, 0.15) is 50.6 Å². The van der Waals surface area contributed by atoms with Crippen LogP contribution in [0, 0.1) is 11.7 Å². The van der Waals surface area contributed by atoms with Gasteiger partial charge in [0.1, 0.15) is 11.7 Å². The summed E-state index contributed by atoms with van der Waals surface area (Å²) in [7, 11) is 0. The number of nitrogens with zero attached hydrogens (tertiary/aromatic N) is 3. The van der Waals surface area contributed by atoms with Crippen LogP contribution in [0.25, 0.3) is 10.8 Å². The summed E-state index contributed by atoms with van der Waals surface area (Å²) in [4.78, 5) is 21.2. The number of hydrogen-bond acceptors (Lipinski definition) is 3. The molecule has 0 amide bonds. The Balaban J connectivity index is 1.73. The number of fused-ring (bicyclic) bond motifs is 1. The third-order valence-corrected chi connectivity index (χ3v) is 7.11. The van der Waals surface area contributed by atoms with Gasteiger partial charge in [0, 0.05) is 28.2 Å². The van der Waals surface area contributed by atoms with E-state index in [-0.39, 0.29) is 28.9 Å². The zero-order chi connectivity index (χ0) is 26.3. The summed E-state index contributed by atoms with van der Waals surface area (Å²) in [5.41, 5.74) is 2.25. The summed E-state index contributed by atoms with van der Waals surface area (Å²) in [6, 6.07) is 23.9. The van der Waals surface area contributed by atoms with Gasteiger partial charge in [-0.05, 0) is 67.1 Å². The van der Waals surface area contributed by atoms with Crippen molar-refractivity contribution in [2.24, 2.45) is 10.9 Å². The summed E-state index contributed by atoms with van der Waals surface area (Å²) in [6.45, 7) is 9.56. The smallest absolute Gasteiger partial charge is 0.259 e. The molecule has 1 atom stereocenters. The molecule has 190 valence electrons. The second-order valence-corrected chi connectivity index (χ2v) is 11.2. The number of aliphatic imine (C=N–C) groups is 1. The van der Waals surface area contributed by atoms with Crippen LogP contribution >= 0.6 is 11.6 Å². The molecule has 1 aromatic heterocycles. The molecule has 37 heavy (non-hydrogen) atoms. The maximum absolute atomic E-state index is 14.3. The first-order valence-electron chi connectivity index (χ1n) is 12.6. The van der Waals surface area contributed by atoms with Crippen LogP contribution in [-0.4, -0.2) is 27.4 Å². The minimum atomic E-state index is -0.362. The second-order valence-electron chi connectivity index (χ2n) is 10.8. The van der Waals surface area contributed by atoms with Crippen LogP contribution < -0.4 is 5.56 Å². The van der Waals surface area contributed by atoms with E-state index >= 15 is 0 Å². The van der Waals surface area contributed by atoms with E-state index in [1.807, 2.05) is 47.0 Å². The molecule has 0 spiro atoms. The molecule has 3 aromatic carbocycles. The van der Waals surface area contributed by atoms with E-state index in [2.05, 4.69) is 38.7 Å². The fraction of sp³-hybridized carbons (Fsp3) is 0.290. The fourth-order valence-corrected chi connectivity index (χ4v) is 5.53. The summed E-state index contributed by atoms with van der Waals surface area (Å²) in [5.74, 6) is 0.575. The lowest BCUT2D eigenvalue weighted by Gasteiger charge is -2.36. The Kier molecular flexibility index (Phi) is 6.67. The molecule has 1 unspecified atom stereocenters. The van der Waals surface area contributed by atoms with Crippen molar-refractivity contribution in [1.29, 1.82) is 0 Å². The van der Waals surface area contributed by atoms with Crippen LogP contribution in [0.3, 0.4) is 0 Å². The molecule has 1 aliphatic rings. The van der Waals surface area contributed by atoms with Crippen molar-refractivity contribution in [3.05, 3.63) is 117 Å². The van der Waals surface area contributed by atoms with Crippen molar-refractivity contribution in [1.82, 2.24) is 9.47 Å². The van der Waals surface area contributed by atoms with Crippen LogP contribution in [0.15, 0.2) is 88.6 Å². The molecule has 1 aliphatic heterocycles. The Morgan fingerprint density at radius 2 is 1.76 bits per heavy atom. The number of halogens is 2. The van der Waals surface area contributed by atoms with Gasteiger partial charge in [-0.2, -0.15) is 0 Å². The first kappa shape index (κ1) is 25.2. The van der Waals surface area contributed by atoms with Crippen molar-refractivity contribution in [3.63, 3.8) is 0 Å². The van der Waals surface area contributed by atoms with Crippen molar-refractivity contribution in [2.75, 3.05) is 6.54 Å². The lowest BCUT2D eigenvalue weighted by molar-refractivity contribution is 0.231. The van der Waals surface area contributed by atoms with Crippen LogP contribution in [0.5, 0.6) is 0 Å². The second kappa shape index (κ2) is 9.79. The normalized spacial score (nSPS) is 15.9. The quantitative estimate of drug-likeness (QED) is 0.275. The minimum Gasteiger partial charge on any atom is -0.345 e. The van der Waals surface area contributed by atoms with Gasteiger partial charge in [0.2, 0.25) is 0 Å². The Labute approximate surface area is 222 Å². The summed E-state index contributed by atoms with van der Waals surface area (Å²) in [5, 5.41) is 2.03. The van der Waals surface area contributed by atoms with E-state index in [0.29, 0.717) is 23.5 Å². The molecule has 0 bridgehead atoms. The monoisotopic (exact) mass is 515 g/mol. The highest BCUT2D eigenvalue weighted by atomic mass is 35.5. The molecule has 0 radical (unpaired) electrons. The maximum atomic E-state index is 14.3. The predicted molar refractivity (Wildman–Crippen MR) is 150 cm³/mol. The molecule has 0 saturated heterocycles. The first-order valence-corrected chi connectivity index (χ1v) is 13.0. The first-order chi connectivity index (χ1) is 17.6. The topological polar surface area (TPSA) is 37.6 Å². The largest absolute Gasteiger partial charge is 0.345 e. The molecule has 2 heterocycles. The molecule has 0 aliphatic carbocycles. The Hall–Kier alpha value is -3.44. The number of pyridine rings is 1. The molecule has 0 N–H and O–H groups in total. The number of hydrogen-bond donors (Lipinski definition) is 0. The van der Waals surface area contributed by atoms with Gasteiger partial charge in [0.15, 0.2) is 0 Å². The lowest BCUT2D eigenvalue weighted by atomic mass is 9.94. The zero-order valence-electron chi connectivity index (χ0n) is 21.6. The van der Waals surface area contributed by atoms with E-state index in [1.165, 1.54) is 12.1 Å². The van der Waals surface area contributed by atoms with Gasteiger partial charge in [-0.15, -0.1) is 0 Å². The molecule has 5 rings (SSSR count). The fourth-order valence-electron chi connectivity index (χ4n) is 5.35. The molecule has 4 nitrogen and oxygen atoms in total. The number of amidine groups is 1. The molecular weight excluding hydrogens is 485 g/mol. The van der Waals surface area contributed by atoms with Crippen LogP contribution in [0.2, 0.25) is 5.02 Å². The van der Waals surface area contributed by atoms with Crippen molar-refractivity contribution in [2.45, 2.75) is 45.8 Å². The SMILES string of the molecule is CC(C)C(c1cc2cc(Cl)ccc2c(=O)n1Cc1ccccc1)N1CC(C)(C)N=C1c1cccc(F)c1. The lowest BCUT2D eigenvalue weighted by Crippen LogP contribution is -2.41. The van der Waals surface area contributed by atoms with E-state index in [4.69, 9.17) is 16.6 Å². The molecule has 0 fully saturated rings. The Bertz CT molecular complexity index is 1540. The highest BCUT2D eigenvalue weighted by molar-refractivity contribution is 6.31. The summed E-state index contributed by atoms with van der Waals surface area (Å²) < 4.78 is 16.1. The van der Waals surface area contributed by atoms with E-state index in [9.17, 15) is 9.18 Å². The van der Waals surface area contributed by atoms with Crippen molar-refractivity contribution in [3.8, 4) is 0 Å². The summed E-state index contributed by atoms with van der Waals surface area (Å²) in [6.07, 6.45) is 0. The Morgan fingerprint density at radius 3 is 2.46 bits per heavy atom. The van der Waals surface area contributed by atoms with Crippen LogP contribution in [0.4, 0.5) is 4.39 Å². The molecule has 4 aromatic rings. The average Bonchev–Trinajstić information content (AvgIpc) is 3.16. The number of rotatable bonds is 6. The maximum Gasteiger partial charge on any atom is 0.259 e. The third-order valence-electron chi connectivity index (χ3n) is 6.88.